The molecule has 0 radical (unpaired) electrons. The molecule has 2 aromatic carbocycles. The second kappa shape index (κ2) is 6.58. The fourth-order valence-electron chi connectivity index (χ4n) is 3.93. The molecule has 2 heterocycles. The lowest BCUT2D eigenvalue weighted by Crippen LogP contribution is -2.18. The molecule has 1 aliphatic carbocycles. The van der Waals surface area contributed by atoms with Crippen molar-refractivity contribution < 1.29 is 9.47 Å². The van der Waals surface area contributed by atoms with Gasteiger partial charge in [0.2, 0.25) is 6.79 Å². The summed E-state index contributed by atoms with van der Waals surface area (Å²) in [5.41, 5.74) is 4.69. The Balaban J connectivity index is 1.46. The average Bonchev–Trinajstić information content (AvgIpc) is 3.16. The molecule has 136 valence electrons. The molecule has 2 aliphatic rings. The van der Waals surface area contributed by atoms with E-state index in [4.69, 9.17) is 9.47 Å². The fourth-order valence-corrected chi connectivity index (χ4v) is 3.93. The van der Waals surface area contributed by atoms with E-state index in [0.717, 1.165) is 47.2 Å². The van der Waals surface area contributed by atoms with Crippen LogP contribution in [-0.4, -0.2) is 16.8 Å². The molecule has 3 aromatic rings. The zero-order valence-corrected chi connectivity index (χ0v) is 15.2. The summed E-state index contributed by atoms with van der Waals surface area (Å²) >= 11 is 0. The number of aryl methyl sites for hydroxylation is 2. The van der Waals surface area contributed by atoms with Gasteiger partial charge in [-0.3, -0.25) is 0 Å². The molecule has 1 N–H and O–H groups in total. The largest absolute Gasteiger partial charge is 0.454 e. The number of hydrogen-bond donors (Lipinski definition) is 1. The maximum atomic E-state index is 5.50. The van der Waals surface area contributed by atoms with E-state index in [9.17, 15) is 0 Å². The molecule has 27 heavy (non-hydrogen) atoms. The van der Waals surface area contributed by atoms with Crippen molar-refractivity contribution in [2.45, 2.75) is 32.2 Å². The van der Waals surface area contributed by atoms with E-state index >= 15 is 0 Å². The van der Waals surface area contributed by atoms with Crippen molar-refractivity contribution >= 4 is 5.82 Å². The molecule has 0 fully saturated rings. The van der Waals surface area contributed by atoms with Crippen LogP contribution in [-0.2, 0) is 6.42 Å². The van der Waals surface area contributed by atoms with Crippen molar-refractivity contribution in [3.63, 3.8) is 0 Å². The molecule has 0 bridgehead atoms. The molecule has 1 atom stereocenters. The lowest BCUT2D eigenvalue weighted by atomic mass is 9.88. The summed E-state index contributed by atoms with van der Waals surface area (Å²) in [4.78, 5) is 9.24. The van der Waals surface area contributed by atoms with Crippen LogP contribution in [0.3, 0.4) is 0 Å². The number of fused-ring (bicyclic) bond motifs is 2. The maximum Gasteiger partial charge on any atom is 0.231 e. The highest BCUT2D eigenvalue weighted by molar-refractivity contribution is 5.67. The van der Waals surface area contributed by atoms with Gasteiger partial charge in [0, 0.05) is 11.6 Å². The smallest absolute Gasteiger partial charge is 0.231 e. The number of nitrogens with zero attached hydrogens (tertiary/aromatic N) is 2. The normalized spacial score (nSPS) is 17.4. The van der Waals surface area contributed by atoms with Gasteiger partial charge in [0.15, 0.2) is 11.5 Å². The van der Waals surface area contributed by atoms with Crippen LogP contribution in [0.15, 0.2) is 48.5 Å². The van der Waals surface area contributed by atoms with Crippen LogP contribution in [0.2, 0.25) is 0 Å². The first-order valence-corrected chi connectivity index (χ1v) is 9.36. The van der Waals surface area contributed by atoms with Crippen LogP contribution >= 0.6 is 0 Å². The highest BCUT2D eigenvalue weighted by Gasteiger charge is 2.21. The molecule has 0 saturated heterocycles. The molecular formula is C22H21N3O2. The number of hydrogen-bond acceptors (Lipinski definition) is 5. The summed E-state index contributed by atoms with van der Waals surface area (Å²) in [5.74, 6) is 3.15. The van der Waals surface area contributed by atoms with Crippen molar-refractivity contribution in [2.24, 2.45) is 0 Å². The molecule has 5 rings (SSSR count). The number of anilines is 1. The molecular weight excluding hydrogens is 338 g/mol. The first-order valence-electron chi connectivity index (χ1n) is 9.36. The van der Waals surface area contributed by atoms with Gasteiger partial charge in [-0.05, 0) is 55.5 Å². The topological polar surface area (TPSA) is 56.3 Å². The van der Waals surface area contributed by atoms with Crippen LogP contribution < -0.4 is 14.8 Å². The van der Waals surface area contributed by atoms with Gasteiger partial charge in [0.1, 0.15) is 11.6 Å². The minimum Gasteiger partial charge on any atom is -0.454 e. The monoisotopic (exact) mass is 359 g/mol. The summed E-state index contributed by atoms with van der Waals surface area (Å²) in [6.45, 7) is 2.20. The summed E-state index contributed by atoms with van der Waals surface area (Å²) < 4.78 is 10.9. The van der Waals surface area contributed by atoms with Crippen LogP contribution in [0.5, 0.6) is 11.5 Å². The third-order valence-electron chi connectivity index (χ3n) is 5.20. The van der Waals surface area contributed by atoms with Crippen LogP contribution in [0.25, 0.3) is 11.3 Å². The number of benzene rings is 2. The van der Waals surface area contributed by atoms with Gasteiger partial charge in [-0.1, -0.05) is 24.3 Å². The van der Waals surface area contributed by atoms with Gasteiger partial charge >= 0.3 is 0 Å². The van der Waals surface area contributed by atoms with Crippen molar-refractivity contribution in [1.82, 2.24) is 9.97 Å². The predicted octanol–water partition coefficient (Wildman–Crippen LogP) is 4.67. The second-order valence-electron chi connectivity index (χ2n) is 7.04. The number of ether oxygens (including phenoxy) is 2. The van der Waals surface area contributed by atoms with E-state index in [0.29, 0.717) is 0 Å². The zero-order chi connectivity index (χ0) is 18.2. The summed E-state index contributed by atoms with van der Waals surface area (Å²) in [6, 6.07) is 16.9. The van der Waals surface area contributed by atoms with E-state index < -0.39 is 0 Å². The van der Waals surface area contributed by atoms with Gasteiger partial charge in [-0.2, -0.15) is 0 Å². The number of rotatable bonds is 3. The van der Waals surface area contributed by atoms with Crippen molar-refractivity contribution in [1.29, 1.82) is 0 Å². The van der Waals surface area contributed by atoms with Gasteiger partial charge in [0.25, 0.3) is 0 Å². The Hall–Kier alpha value is -3.08. The first kappa shape index (κ1) is 16.1. The highest BCUT2D eigenvalue weighted by Crippen LogP contribution is 2.36. The Labute approximate surface area is 158 Å². The molecule has 5 heteroatoms. The first-order chi connectivity index (χ1) is 13.3. The Bertz CT molecular complexity index is 1000. The molecule has 0 saturated carbocycles. The molecule has 0 amide bonds. The predicted molar refractivity (Wildman–Crippen MR) is 104 cm³/mol. The highest BCUT2D eigenvalue weighted by atomic mass is 16.7. The SMILES string of the molecule is Cc1nc(N[C@@H]2CCCc3ccccc32)cc(-c2ccc3c(c2)OCO3)n1. The molecule has 1 aliphatic heterocycles. The van der Waals surface area contributed by atoms with E-state index in [1.54, 1.807) is 0 Å². The van der Waals surface area contributed by atoms with Gasteiger partial charge in [-0.25, -0.2) is 9.97 Å². The van der Waals surface area contributed by atoms with E-state index in [-0.39, 0.29) is 12.8 Å². The lowest BCUT2D eigenvalue weighted by Gasteiger charge is -2.27. The molecule has 5 nitrogen and oxygen atoms in total. The van der Waals surface area contributed by atoms with E-state index in [1.165, 1.54) is 17.5 Å². The van der Waals surface area contributed by atoms with Crippen LogP contribution in [0.4, 0.5) is 5.82 Å². The van der Waals surface area contributed by atoms with E-state index in [1.807, 2.05) is 31.2 Å². The Morgan fingerprint density at radius 2 is 1.89 bits per heavy atom. The van der Waals surface area contributed by atoms with Gasteiger partial charge in [-0.15, -0.1) is 0 Å². The third-order valence-corrected chi connectivity index (χ3v) is 5.20. The fraction of sp³-hybridized carbons (Fsp3) is 0.273. The quantitative estimate of drug-likeness (QED) is 0.736. The minimum absolute atomic E-state index is 0.273. The average molecular weight is 359 g/mol. The van der Waals surface area contributed by atoms with Crippen molar-refractivity contribution in [3.05, 3.63) is 65.5 Å². The minimum atomic E-state index is 0.273. The lowest BCUT2D eigenvalue weighted by molar-refractivity contribution is 0.174. The number of nitrogens with one attached hydrogen (secondary N) is 1. The van der Waals surface area contributed by atoms with Gasteiger partial charge < -0.3 is 14.8 Å². The van der Waals surface area contributed by atoms with E-state index in [2.05, 4.69) is 39.6 Å². The maximum absolute atomic E-state index is 5.50. The van der Waals surface area contributed by atoms with Crippen LogP contribution in [0, 0.1) is 6.92 Å². The standard InChI is InChI=1S/C22H21N3O2/c1-14-23-19(16-9-10-20-21(11-16)27-13-26-20)12-22(24-14)25-18-8-4-6-15-5-2-3-7-17(15)18/h2-3,5,7,9-12,18H,4,6,8,13H2,1H3,(H,23,24,25)/t18-/m1/s1. The molecule has 0 spiro atoms. The molecule has 0 unspecified atom stereocenters. The Kier molecular flexibility index (Phi) is 3.93. The number of aromatic nitrogens is 2. The molecule has 1 aromatic heterocycles. The summed E-state index contributed by atoms with van der Waals surface area (Å²) in [7, 11) is 0. The third kappa shape index (κ3) is 3.10. The van der Waals surface area contributed by atoms with Crippen molar-refractivity contribution in [2.75, 3.05) is 12.1 Å². The Morgan fingerprint density at radius 3 is 2.85 bits per heavy atom. The zero-order valence-electron chi connectivity index (χ0n) is 15.2. The summed E-state index contributed by atoms with van der Waals surface area (Å²) in [6.07, 6.45) is 3.45. The summed E-state index contributed by atoms with van der Waals surface area (Å²) in [5, 5.41) is 3.63. The van der Waals surface area contributed by atoms with Crippen molar-refractivity contribution in [3.8, 4) is 22.8 Å². The Morgan fingerprint density at radius 1 is 1.00 bits per heavy atom. The van der Waals surface area contributed by atoms with Crippen LogP contribution in [0.1, 0.15) is 35.8 Å². The van der Waals surface area contributed by atoms with Gasteiger partial charge in [0.05, 0.1) is 11.7 Å². The second-order valence-corrected chi connectivity index (χ2v) is 7.04.